The first-order chi connectivity index (χ1) is 17.3. The molecule has 0 fully saturated rings. The average molecular weight is 481 g/mol. The van der Waals surface area contributed by atoms with Crippen LogP contribution in [0.15, 0.2) is 120 Å². The molecule has 0 aromatic heterocycles. The molecule has 0 saturated heterocycles. The second-order valence-corrected chi connectivity index (χ2v) is 9.07. The van der Waals surface area contributed by atoms with Crippen molar-refractivity contribution in [1.82, 2.24) is 5.32 Å². The fraction of sp³-hybridized carbons (Fsp3) is 0.281. The molecule has 4 nitrogen and oxygen atoms in total. The van der Waals surface area contributed by atoms with Crippen molar-refractivity contribution in [3.63, 3.8) is 0 Å². The lowest BCUT2D eigenvalue weighted by Crippen LogP contribution is -2.47. The second kappa shape index (κ2) is 13.8. The summed E-state index contributed by atoms with van der Waals surface area (Å²) in [7, 11) is 0. The lowest BCUT2D eigenvalue weighted by atomic mass is 9.97. The highest BCUT2D eigenvalue weighted by Crippen LogP contribution is 2.32. The van der Waals surface area contributed by atoms with E-state index in [0.29, 0.717) is 12.0 Å². The van der Waals surface area contributed by atoms with E-state index >= 15 is 0 Å². The summed E-state index contributed by atoms with van der Waals surface area (Å²) in [4.78, 5) is 0. The molecule has 0 bridgehead atoms. The highest BCUT2D eigenvalue weighted by molar-refractivity contribution is 5.59. The molecular formula is C32H40N4. The fourth-order valence-corrected chi connectivity index (χ4v) is 3.99. The first-order valence-corrected chi connectivity index (χ1v) is 12.5. The minimum atomic E-state index is -0.637. The number of nitrogens with one attached hydrogen (secondary N) is 2. The Labute approximate surface area is 217 Å². The van der Waals surface area contributed by atoms with Crippen molar-refractivity contribution in [2.24, 2.45) is 5.73 Å². The molecule has 2 unspecified atom stereocenters. The molecule has 4 N–H and O–H groups in total. The van der Waals surface area contributed by atoms with Crippen molar-refractivity contribution in [1.29, 1.82) is 5.26 Å². The number of nitrogens with zero attached hydrogens (tertiary/aromatic N) is 1. The van der Waals surface area contributed by atoms with Crippen molar-refractivity contribution >= 4 is 5.69 Å². The van der Waals surface area contributed by atoms with Crippen LogP contribution in [0.1, 0.15) is 58.9 Å². The quantitative estimate of drug-likeness (QED) is 0.212. The number of benzene rings is 1. The van der Waals surface area contributed by atoms with Crippen LogP contribution in [0.4, 0.5) is 5.69 Å². The van der Waals surface area contributed by atoms with Crippen LogP contribution in [-0.2, 0) is 0 Å². The number of nitriles is 1. The van der Waals surface area contributed by atoms with Crippen molar-refractivity contribution < 1.29 is 0 Å². The maximum Gasteiger partial charge on any atom is 0.124 e. The van der Waals surface area contributed by atoms with Crippen LogP contribution in [0, 0.1) is 11.3 Å². The highest BCUT2D eigenvalue weighted by Gasteiger charge is 2.27. The van der Waals surface area contributed by atoms with Gasteiger partial charge in [-0.25, -0.2) is 0 Å². The van der Waals surface area contributed by atoms with Gasteiger partial charge in [0.25, 0.3) is 0 Å². The molecule has 0 aliphatic heterocycles. The van der Waals surface area contributed by atoms with Crippen molar-refractivity contribution in [2.75, 3.05) is 5.32 Å². The molecular weight excluding hydrogens is 440 g/mol. The molecule has 0 heterocycles. The van der Waals surface area contributed by atoms with E-state index in [1.165, 1.54) is 5.56 Å². The molecule has 4 heteroatoms. The number of hydrogen-bond donors (Lipinski definition) is 3. The topological polar surface area (TPSA) is 73.9 Å². The zero-order valence-corrected chi connectivity index (χ0v) is 22.3. The first kappa shape index (κ1) is 28.3. The standard InChI is InChI=1S/C32H40N4/c1-7-10-12-16-24(4)28-17-13-14-18-30(28)35-32(6,19-15-11-8-2)36-31-22-26(23-33)21-29(31)25(5)20-27(34)9-3/h7-8,10-21,24,35-36H,5,9,22,34H2,1-4,6H3/b10-7-,11-8-,16-12-,19-15-,27-20+. The minimum Gasteiger partial charge on any atom is -0.402 e. The molecule has 188 valence electrons. The zero-order valence-electron chi connectivity index (χ0n) is 22.3. The molecule has 1 aliphatic carbocycles. The fourth-order valence-electron chi connectivity index (χ4n) is 3.99. The maximum absolute atomic E-state index is 9.61. The number of hydrogen-bond acceptors (Lipinski definition) is 4. The van der Waals surface area contributed by atoms with E-state index in [1.54, 1.807) is 0 Å². The lowest BCUT2D eigenvalue weighted by Gasteiger charge is -2.34. The second-order valence-electron chi connectivity index (χ2n) is 9.07. The SMILES string of the molecule is C=C(/C=C(/N)CC)C1=C(NC(C)(/C=C\C=C/C)Nc2ccccc2C(C)/C=C\C=C/C)CC(C#N)=C1. The van der Waals surface area contributed by atoms with Gasteiger partial charge in [0, 0.05) is 40.6 Å². The molecule has 1 aromatic rings. The van der Waals surface area contributed by atoms with E-state index in [2.05, 4.69) is 73.6 Å². The van der Waals surface area contributed by atoms with Gasteiger partial charge in [-0.2, -0.15) is 5.26 Å². The Kier molecular flexibility index (Phi) is 10.8. The summed E-state index contributed by atoms with van der Waals surface area (Å²) in [5.74, 6) is 0.226. The molecule has 1 aliphatic rings. The molecule has 0 radical (unpaired) electrons. The Morgan fingerprint density at radius 2 is 1.86 bits per heavy atom. The molecule has 0 saturated carbocycles. The Bertz CT molecular complexity index is 1180. The van der Waals surface area contributed by atoms with Crippen molar-refractivity contribution in [3.05, 3.63) is 125 Å². The molecule has 1 aromatic carbocycles. The molecule has 0 amide bonds. The number of rotatable bonds is 12. The third-order valence-electron chi connectivity index (χ3n) is 5.96. The van der Waals surface area contributed by atoms with Gasteiger partial charge in [0.1, 0.15) is 5.66 Å². The number of nitrogens with two attached hydrogens (primary N) is 1. The van der Waals surface area contributed by atoms with Crippen LogP contribution in [0.2, 0.25) is 0 Å². The van der Waals surface area contributed by atoms with Gasteiger partial charge in [-0.3, -0.25) is 0 Å². The van der Waals surface area contributed by atoms with Gasteiger partial charge in [0.2, 0.25) is 0 Å². The van der Waals surface area contributed by atoms with Crippen LogP contribution >= 0.6 is 0 Å². The van der Waals surface area contributed by atoms with Gasteiger partial charge in [0.15, 0.2) is 0 Å². The van der Waals surface area contributed by atoms with Crippen LogP contribution in [-0.4, -0.2) is 5.66 Å². The van der Waals surface area contributed by atoms with Crippen LogP contribution < -0.4 is 16.4 Å². The number of para-hydroxylation sites is 1. The summed E-state index contributed by atoms with van der Waals surface area (Å²) < 4.78 is 0. The third-order valence-corrected chi connectivity index (χ3v) is 5.96. The van der Waals surface area contributed by atoms with Gasteiger partial charge in [-0.05, 0) is 62.6 Å². The van der Waals surface area contributed by atoms with E-state index in [-0.39, 0.29) is 5.92 Å². The van der Waals surface area contributed by atoms with E-state index in [9.17, 15) is 5.26 Å². The first-order valence-electron chi connectivity index (χ1n) is 12.5. The van der Waals surface area contributed by atoms with Gasteiger partial charge >= 0.3 is 0 Å². The average Bonchev–Trinajstić information content (AvgIpc) is 3.27. The van der Waals surface area contributed by atoms with E-state index in [0.717, 1.165) is 34.6 Å². The van der Waals surface area contributed by atoms with Gasteiger partial charge in [0.05, 0.1) is 6.07 Å². The summed E-state index contributed by atoms with van der Waals surface area (Å²) in [6.07, 6.45) is 21.5. The summed E-state index contributed by atoms with van der Waals surface area (Å²) >= 11 is 0. The van der Waals surface area contributed by atoms with Crippen LogP contribution in [0.3, 0.4) is 0 Å². The summed E-state index contributed by atoms with van der Waals surface area (Å²) in [5.41, 5.74) is 11.8. The summed E-state index contributed by atoms with van der Waals surface area (Å²) in [6, 6.07) is 10.7. The van der Waals surface area contributed by atoms with E-state index < -0.39 is 5.66 Å². The van der Waals surface area contributed by atoms with Gasteiger partial charge in [-0.15, -0.1) is 0 Å². The summed E-state index contributed by atoms with van der Waals surface area (Å²) in [6.45, 7) is 14.5. The van der Waals surface area contributed by atoms with E-state index in [1.807, 2.05) is 69.4 Å². The highest BCUT2D eigenvalue weighted by atomic mass is 15.2. The van der Waals surface area contributed by atoms with Crippen molar-refractivity contribution in [3.8, 4) is 6.07 Å². The number of anilines is 1. The number of allylic oxidation sites excluding steroid dienone is 13. The Balaban J connectivity index is 2.49. The Morgan fingerprint density at radius 1 is 1.17 bits per heavy atom. The maximum atomic E-state index is 9.61. The van der Waals surface area contributed by atoms with Crippen molar-refractivity contribution in [2.45, 2.75) is 59.0 Å². The molecule has 2 rings (SSSR count). The van der Waals surface area contributed by atoms with Gasteiger partial charge < -0.3 is 16.4 Å². The summed E-state index contributed by atoms with van der Waals surface area (Å²) in [5, 5.41) is 17.0. The van der Waals surface area contributed by atoms with Gasteiger partial charge in [-0.1, -0.05) is 81.2 Å². The Morgan fingerprint density at radius 3 is 2.53 bits per heavy atom. The normalized spacial score (nSPS) is 17.1. The smallest absolute Gasteiger partial charge is 0.124 e. The van der Waals surface area contributed by atoms with Crippen LogP contribution in [0.5, 0.6) is 0 Å². The van der Waals surface area contributed by atoms with Crippen LogP contribution in [0.25, 0.3) is 0 Å². The molecule has 2 atom stereocenters. The monoisotopic (exact) mass is 480 g/mol. The van der Waals surface area contributed by atoms with E-state index in [4.69, 9.17) is 5.73 Å². The molecule has 36 heavy (non-hydrogen) atoms. The third kappa shape index (κ3) is 8.06. The largest absolute Gasteiger partial charge is 0.402 e. The minimum absolute atomic E-state index is 0.226. The zero-order chi connectivity index (χ0) is 26.6. The Hall–Kier alpha value is -3.97. The molecule has 0 spiro atoms. The predicted molar refractivity (Wildman–Crippen MR) is 155 cm³/mol. The lowest BCUT2D eigenvalue weighted by molar-refractivity contribution is 0.538. The predicted octanol–water partition coefficient (Wildman–Crippen LogP) is 7.69.